The van der Waals surface area contributed by atoms with Gasteiger partial charge in [0, 0.05) is 17.2 Å². The van der Waals surface area contributed by atoms with Crippen molar-refractivity contribution in [3.63, 3.8) is 0 Å². The van der Waals surface area contributed by atoms with Crippen LogP contribution in [0, 0.1) is 19.3 Å². The van der Waals surface area contributed by atoms with Crippen LogP contribution in [-0.4, -0.2) is 31.3 Å². The standard InChI is InChI=1S/C24H33N5O2/c1-8-19(9-2)31-21-12-16(4)22-27-28(23(25)29(22)26-21)14-20(30)17-10-15(3)11-18(13-17)24(5,6)7/h10-13,19,25H,8-9,14H2,1-7H3. The second-order valence-corrected chi connectivity index (χ2v) is 9.20. The summed E-state index contributed by atoms with van der Waals surface area (Å²) in [7, 11) is 0. The van der Waals surface area contributed by atoms with Crippen LogP contribution in [-0.2, 0) is 12.0 Å². The molecule has 2 aromatic heterocycles. The zero-order valence-electron chi connectivity index (χ0n) is 19.6. The van der Waals surface area contributed by atoms with Crippen molar-refractivity contribution in [1.29, 1.82) is 5.41 Å². The molecule has 3 rings (SSSR count). The van der Waals surface area contributed by atoms with Crippen molar-refractivity contribution in [3.8, 4) is 5.88 Å². The molecule has 0 spiro atoms. The molecule has 0 atom stereocenters. The molecule has 1 N–H and O–H groups in total. The lowest BCUT2D eigenvalue weighted by Crippen LogP contribution is -2.27. The average molecular weight is 424 g/mol. The monoisotopic (exact) mass is 423 g/mol. The molecule has 0 radical (unpaired) electrons. The van der Waals surface area contributed by atoms with E-state index >= 15 is 0 Å². The Bertz CT molecular complexity index is 1160. The van der Waals surface area contributed by atoms with Gasteiger partial charge in [-0.25, -0.2) is 4.68 Å². The molecule has 0 aliphatic heterocycles. The normalized spacial score (nSPS) is 12.0. The van der Waals surface area contributed by atoms with Gasteiger partial charge in [0.25, 0.3) is 0 Å². The van der Waals surface area contributed by atoms with Gasteiger partial charge in [0.1, 0.15) is 6.54 Å². The molecule has 0 bridgehead atoms. The minimum Gasteiger partial charge on any atom is -0.473 e. The fourth-order valence-electron chi connectivity index (χ4n) is 3.53. The molecule has 0 aliphatic rings. The van der Waals surface area contributed by atoms with E-state index in [9.17, 15) is 4.79 Å². The second kappa shape index (κ2) is 8.65. The van der Waals surface area contributed by atoms with Gasteiger partial charge >= 0.3 is 0 Å². The lowest BCUT2D eigenvalue weighted by molar-refractivity contribution is 0.0965. The van der Waals surface area contributed by atoms with Crippen LogP contribution in [0.3, 0.4) is 0 Å². The van der Waals surface area contributed by atoms with Gasteiger partial charge in [-0.3, -0.25) is 10.2 Å². The Labute approximate surface area is 183 Å². The van der Waals surface area contributed by atoms with Crippen LogP contribution in [0.5, 0.6) is 5.88 Å². The van der Waals surface area contributed by atoms with Crippen LogP contribution >= 0.6 is 0 Å². The molecule has 3 aromatic rings. The van der Waals surface area contributed by atoms with E-state index in [1.807, 2.05) is 32.0 Å². The van der Waals surface area contributed by atoms with E-state index in [0.717, 1.165) is 29.5 Å². The molecule has 0 fully saturated rings. The van der Waals surface area contributed by atoms with Crippen LogP contribution in [0.15, 0.2) is 24.3 Å². The van der Waals surface area contributed by atoms with Crippen molar-refractivity contribution in [2.45, 2.75) is 79.4 Å². The predicted molar refractivity (Wildman–Crippen MR) is 121 cm³/mol. The summed E-state index contributed by atoms with van der Waals surface area (Å²) in [5.41, 5.74) is 4.19. The summed E-state index contributed by atoms with van der Waals surface area (Å²) >= 11 is 0. The highest BCUT2D eigenvalue weighted by Gasteiger charge is 2.19. The van der Waals surface area contributed by atoms with Crippen LogP contribution in [0.2, 0.25) is 0 Å². The fraction of sp³-hybridized carbons (Fsp3) is 0.500. The SMILES string of the molecule is CCC(CC)Oc1cc(C)c2nn(CC(=O)c3cc(C)cc(C(C)(C)C)c3)c(=N)n2n1. The molecule has 7 heteroatoms. The fourth-order valence-corrected chi connectivity index (χ4v) is 3.53. The Morgan fingerprint density at radius 3 is 2.39 bits per heavy atom. The number of aromatic nitrogens is 4. The molecule has 0 saturated carbocycles. The maximum absolute atomic E-state index is 13.1. The first-order chi connectivity index (χ1) is 14.5. The topological polar surface area (TPSA) is 85.3 Å². The summed E-state index contributed by atoms with van der Waals surface area (Å²) < 4.78 is 8.80. The number of nitrogens with zero attached hydrogens (tertiary/aromatic N) is 4. The molecular formula is C24H33N5O2. The van der Waals surface area contributed by atoms with Gasteiger partial charge in [-0.15, -0.1) is 10.2 Å². The quantitative estimate of drug-likeness (QED) is 0.572. The van der Waals surface area contributed by atoms with Gasteiger partial charge in [0.15, 0.2) is 11.4 Å². The van der Waals surface area contributed by atoms with E-state index in [1.165, 1.54) is 9.20 Å². The first-order valence-corrected chi connectivity index (χ1v) is 10.9. The van der Waals surface area contributed by atoms with Gasteiger partial charge < -0.3 is 4.74 Å². The van der Waals surface area contributed by atoms with Crippen LogP contribution in [0.4, 0.5) is 0 Å². The number of benzene rings is 1. The minimum atomic E-state index is -0.0812. The van der Waals surface area contributed by atoms with E-state index in [4.69, 9.17) is 10.1 Å². The van der Waals surface area contributed by atoms with Crippen LogP contribution in [0.1, 0.15) is 74.5 Å². The summed E-state index contributed by atoms with van der Waals surface area (Å²) in [5.74, 6) is 0.388. The maximum Gasteiger partial charge on any atom is 0.242 e. The number of hydrogen-bond donors (Lipinski definition) is 1. The zero-order valence-corrected chi connectivity index (χ0v) is 19.6. The maximum atomic E-state index is 13.1. The van der Waals surface area contributed by atoms with E-state index < -0.39 is 0 Å². The van der Waals surface area contributed by atoms with Crippen molar-refractivity contribution < 1.29 is 9.53 Å². The number of carbonyl (C=O) groups is 1. The smallest absolute Gasteiger partial charge is 0.242 e. The number of aryl methyl sites for hydroxylation is 2. The summed E-state index contributed by atoms with van der Waals surface area (Å²) in [4.78, 5) is 13.1. The zero-order chi connectivity index (χ0) is 22.9. The van der Waals surface area contributed by atoms with E-state index in [-0.39, 0.29) is 29.5 Å². The van der Waals surface area contributed by atoms with Crippen molar-refractivity contribution in [1.82, 2.24) is 19.4 Å². The summed E-state index contributed by atoms with van der Waals surface area (Å²) in [6, 6.07) is 7.78. The first-order valence-electron chi connectivity index (χ1n) is 10.9. The van der Waals surface area contributed by atoms with Gasteiger partial charge in [-0.2, -0.15) is 4.52 Å². The lowest BCUT2D eigenvalue weighted by atomic mass is 9.84. The third kappa shape index (κ3) is 4.86. The molecule has 7 nitrogen and oxygen atoms in total. The average Bonchev–Trinajstić information content (AvgIpc) is 3.01. The minimum absolute atomic E-state index is 0.0165. The lowest BCUT2D eigenvalue weighted by Gasteiger charge is -2.20. The van der Waals surface area contributed by atoms with Gasteiger partial charge in [0.05, 0.1) is 6.10 Å². The summed E-state index contributed by atoms with van der Waals surface area (Å²) in [6.07, 6.45) is 1.84. The van der Waals surface area contributed by atoms with Gasteiger partial charge in [-0.1, -0.05) is 46.2 Å². The van der Waals surface area contributed by atoms with Crippen molar-refractivity contribution in [2.24, 2.45) is 0 Å². The molecule has 2 heterocycles. The number of carbonyl (C=O) groups excluding carboxylic acids is 1. The third-order valence-electron chi connectivity index (χ3n) is 5.51. The Balaban J connectivity index is 1.95. The van der Waals surface area contributed by atoms with Crippen molar-refractivity contribution in [2.75, 3.05) is 0 Å². The molecule has 0 unspecified atom stereocenters. The second-order valence-electron chi connectivity index (χ2n) is 9.20. The van der Waals surface area contributed by atoms with E-state index in [0.29, 0.717) is 17.1 Å². The Hall–Kier alpha value is -2.96. The van der Waals surface area contributed by atoms with Crippen molar-refractivity contribution in [3.05, 3.63) is 52.1 Å². The highest BCUT2D eigenvalue weighted by molar-refractivity contribution is 5.96. The summed E-state index contributed by atoms with van der Waals surface area (Å²) in [6.45, 7) is 14.4. The van der Waals surface area contributed by atoms with E-state index in [2.05, 4.69) is 50.9 Å². The van der Waals surface area contributed by atoms with E-state index in [1.54, 1.807) is 0 Å². The molecule has 0 saturated heterocycles. The Kier molecular flexibility index (Phi) is 6.34. The summed E-state index contributed by atoms with van der Waals surface area (Å²) in [5, 5.41) is 17.4. The number of ketones is 1. The van der Waals surface area contributed by atoms with Crippen LogP contribution < -0.4 is 10.4 Å². The number of ether oxygens (including phenoxy) is 1. The van der Waals surface area contributed by atoms with Gasteiger partial charge in [0.2, 0.25) is 11.5 Å². The molecule has 166 valence electrons. The number of Topliss-reactive ketones (excluding diaryl/α,β-unsaturated/α-hetero) is 1. The largest absolute Gasteiger partial charge is 0.473 e. The first kappa shape index (κ1) is 22.7. The molecule has 0 aliphatic carbocycles. The Morgan fingerprint density at radius 1 is 1.10 bits per heavy atom. The number of rotatable bonds is 7. The van der Waals surface area contributed by atoms with Crippen molar-refractivity contribution >= 4 is 11.4 Å². The molecule has 0 amide bonds. The molecular weight excluding hydrogens is 390 g/mol. The number of nitrogens with one attached hydrogen (secondary N) is 1. The Morgan fingerprint density at radius 2 is 1.77 bits per heavy atom. The van der Waals surface area contributed by atoms with Gasteiger partial charge in [-0.05, 0) is 49.8 Å². The highest BCUT2D eigenvalue weighted by Crippen LogP contribution is 2.25. The highest BCUT2D eigenvalue weighted by atomic mass is 16.5. The molecule has 1 aromatic carbocycles. The molecule has 31 heavy (non-hydrogen) atoms. The van der Waals surface area contributed by atoms with Crippen LogP contribution in [0.25, 0.3) is 5.65 Å². The predicted octanol–water partition coefficient (Wildman–Crippen LogP) is 4.37. The number of fused-ring (bicyclic) bond motifs is 1. The number of hydrogen-bond acceptors (Lipinski definition) is 5. The third-order valence-corrected chi connectivity index (χ3v) is 5.51.